The highest BCUT2D eigenvalue weighted by atomic mass is 19.4. The molecular weight excluding hydrogens is 522 g/mol. The maximum atomic E-state index is 14.9. The highest BCUT2D eigenvalue weighted by Crippen LogP contribution is 2.37. The van der Waals surface area contributed by atoms with Gasteiger partial charge in [0.1, 0.15) is 17.3 Å². The number of carbonyl (C=O) groups is 4. The first-order chi connectivity index (χ1) is 17.8. The molecule has 1 atom stereocenters. The van der Waals surface area contributed by atoms with Crippen LogP contribution < -0.4 is 10.1 Å². The molecule has 4 rings (SSSR count). The Bertz CT molecular complexity index is 1310. The topological polar surface area (TPSA) is 92.8 Å². The van der Waals surface area contributed by atoms with Crippen LogP contribution in [0.1, 0.15) is 46.3 Å². The fourth-order valence-corrected chi connectivity index (χ4v) is 4.40. The summed E-state index contributed by atoms with van der Waals surface area (Å²) in [6.07, 6.45) is -4.73. The Morgan fingerprint density at radius 2 is 1.79 bits per heavy atom. The minimum absolute atomic E-state index is 0.0617. The molecule has 2 aliphatic rings. The Hall–Kier alpha value is -3.90. The van der Waals surface area contributed by atoms with E-state index in [-0.39, 0.29) is 37.4 Å². The fourth-order valence-electron chi connectivity index (χ4n) is 4.40. The fraction of sp³-hybridized carbons (Fsp3) is 0.360. The van der Waals surface area contributed by atoms with Crippen molar-refractivity contribution in [3.8, 4) is 5.75 Å². The van der Waals surface area contributed by atoms with Crippen LogP contribution in [0.3, 0.4) is 0 Å². The molecule has 7 nitrogen and oxygen atoms in total. The third kappa shape index (κ3) is 5.65. The van der Waals surface area contributed by atoms with E-state index in [9.17, 15) is 45.5 Å². The van der Waals surface area contributed by atoms with Crippen molar-refractivity contribution in [2.24, 2.45) is 0 Å². The number of Topliss-reactive ketones (excluding diaryl/α,β-unsaturated/α-hetero) is 2. The average molecular weight is 542 g/mol. The van der Waals surface area contributed by atoms with Crippen LogP contribution in [0.2, 0.25) is 0 Å². The number of hydrogen-bond donors (Lipinski definition) is 1. The van der Waals surface area contributed by atoms with Gasteiger partial charge in [0.2, 0.25) is 0 Å². The molecule has 0 aromatic heterocycles. The van der Waals surface area contributed by atoms with Crippen molar-refractivity contribution >= 4 is 23.4 Å². The third-order valence-electron chi connectivity index (χ3n) is 6.23. The molecule has 0 radical (unpaired) electrons. The molecule has 1 aliphatic carbocycles. The molecule has 1 aliphatic heterocycles. The summed E-state index contributed by atoms with van der Waals surface area (Å²) in [4.78, 5) is 50.2. The predicted octanol–water partition coefficient (Wildman–Crippen LogP) is 3.82. The van der Waals surface area contributed by atoms with Crippen LogP contribution in [-0.2, 0) is 33.4 Å². The van der Waals surface area contributed by atoms with Gasteiger partial charge in [-0.3, -0.25) is 19.2 Å². The zero-order valence-electron chi connectivity index (χ0n) is 19.5. The summed E-state index contributed by atoms with van der Waals surface area (Å²) in [7, 11) is 0. The van der Waals surface area contributed by atoms with Crippen molar-refractivity contribution in [2.45, 2.75) is 50.5 Å². The van der Waals surface area contributed by atoms with Crippen LogP contribution >= 0.6 is 0 Å². The molecule has 1 N–H and O–H groups in total. The first kappa shape index (κ1) is 27.1. The second-order valence-corrected chi connectivity index (χ2v) is 8.96. The molecule has 38 heavy (non-hydrogen) atoms. The van der Waals surface area contributed by atoms with E-state index in [1.807, 2.05) is 5.32 Å². The van der Waals surface area contributed by atoms with E-state index >= 15 is 0 Å². The van der Waals surface area contributed by atoms with E-state index in [4.69, 9.17) is 0 Å². The van der Waals surface area contributed by atoms with Gasteiger partial charge in [-0.25, -0.2) is 4.39 Å². The monoisotopic (exact) mass is 542 g/mol. The van der Waals surface area contributed by atoms with Crippen LogP contribution in [0.15, 0.2) is 36.4 Å². The highest BCUT2D eigenvalue weighted by Gasteiger charge is 2.44. The summed E-state index contributed by atoms with van der Waals surface area (Å²) in [5, 5.41) is 1.99. The van der Waals surface area contributed by atoms with Gasteiger partial charge in [-0.05, 0) is 35.7 Å². The second kappa shape index (κ2) is 10.1. The zero-order chi connectivity index (χ0) is 27.8. The normalized spacial score (nSPS) is 18.0. The maximum absolute atomic E-state index is 14.9. The van der Waals surface area contributed by atoms with Crippen LogP contribution in [0.4, 0.5) is 26.3 Å². The van der Waals surface area contributed by atoms with E-state index in [0.29, 0.717) is 34.9 Å². The molecule has 2 aromatic carbocycles. The minimum Gasteiger partial charge on any atom is -0.483 e. The predicted molar refractivity (Wildman–Crippen MR) is 118 cm³/mol. The smallest absolute Gasteiger partial charge is 0.422 e. The molecule has 0 spiro atoms. The van der Waals surface area contributed by atoms with Gasteiger partial charge in [0.05, 0.1) is 18.0 Å². The van der Waals surface area contributed by atoms with Gasteiger partial charge >= 0.3 is 12.1 Å². The Labute approximate surface area is 211 Å². The number of nitrogens with zero attached hydrogens (tertiary/aromatic N) is 1. The molecule has 1 saturated carbocycles. The SMILES string of the molecule is O=C1CCC(N2Cc3cc(CNC(=O)C(F)(F)c4ccc(F)cc4OCC(F)(F)F)ccc3C2=O)C(=O)C1. The minimum atomic E-state index is -4.88. The molecular formula is C25H20F6N2O5. The van der Waals surface area contributed by atoms with E-state index in [1.54, 1.807) is 0 Å². The van der Waals surface area contributed by atoms with Gasteiger partial charge in [-0.1, -0.05) is 12.1 Å². The summed E-state index contributed by atoms with van der Waals surface area (Å²) in [5.41, 5.74) is -0.112. The first-order valence-corrected chi connectivity index (χ1v) is 11.4. The van der Waals surface area contributed by atoms with Crippen molar-refractivity contribution < 1.29 is 50.3 Å². The number of ether oxygens (including phenoxy) is 1. The lowest BCUT2D eigenvalue weighted by molar-refractivity contribution is -0.155. The number of alkyl halides is 5. The zero-order valence-corrected chi connectivity index (χ0v) is 19.5. The standard InChI is InChI=1S/C25H20F6N2O5/c26-15-2-5-18(21(8-15)38-12-24(27,28)29)25(30,31)23(37)32-10-13-1-4-17-14(7-13)11-33(22(17)36)19-6-3-16(34)9-20(19)35/h1-2,4-5,7-8,19H,3,6,9-12H2,(H,32,37). The Morgan fingerprint density at radius 3 is 2.47 bits per heavy atom. The van der Waals surface area contributed by atoms with Gasteiger partial charge in [0.25, 0.3) is 11.8 Å². The van der Waals surface area contributed by atoms with Crippen molar-refractivity contribution in [2.75, 3.05) is 6.61 Å². The number of ketones is 2. The number of benzene rings is 2. The molecule has 0 bridgehead atoms. The summed E-state index contributed by atoms with van der Waals surface area (Å²) < 4.78 is 84.9. The van der Waals surface area contributed by atoms with E-state index < -0.39 is 60.2 Å². The Morgan fingerprint density at radius 1 is 1.05 bits per heavy atom. The molecule has 1 unspecified atom stereocenters. The second-order valence-electron chi connectivity index (χ2n) is 8.96. The lowest BCUT2D eigenvalue weighted by atomic mass is 9.92. The molecule has 2 amide bonds. The molecule has 2 aromatic rings. The third-order valence-corrected chi connectivity index (χ3v) is 6.23. The largest absolute Gasteiger partial charge is 0.483 e. The molecule has 202 valence electrons. The molecule has 1 heterocycles. The van der Waals surface area contributed by atoms with Crippen molar-refractivity contribution in [1.29, 1.82) is 0 Å². The van der Waals surface area contributed by atoms with Crippen molar-refractivity contribution in [1.82, 2.24) is 10.2 Å². The maximum Gasteiger partial charge on any atom is 0.422 e. The van der Waals surface area contributed by atoms with Crippen LogP contribution in [0, 0.1) is 5.82 Å². The van der Waals surface area contributed by atoms with Crippen molar-refractivity contribution in [3.63, 3.8) is 0 Å². The highest BCUT2D eigenvalue weighted by molar-refractivity contribution is 6.07. The number of hydrogen-bond acceptors (Lipinski definition) is 5. The number of nitrogens with one attached hydrogen (secondary N) is 1. The molecule has 0 saturated heterocycles. The van der Waals surface area contributed by atoms with Crippen LogP contribution in [-0.4, -0.2) is 47.1 Å². The van der Waals surface area contributed by atoms with Gasteiger partial charge in [0.15, 0.2) is 12.4 Å². The summed E-state index contributed by atoms with van der Waals surface area (Å²) in [6, 6.07) is 4.97. The number of amides is 2. The Balaban J connectivity index is 1.45. The van der Waals surface area contributed by atoms with Crippen molar-refractivity contribution in [3.05, 3.63) is 64.5 Å². The van der Waals surface area contributed by atoms with Gasteiger partial charge in [-0.2, -0.15) is 22.0 Å². The quantitative estimate of drug-likeness (QED) is 0.424. The van der Waals surface area contributed by atoms with Gasteiger partial charge in [-0.15, -0.1) is 0 Å². The Kier molecular flexibility index (Phi) is 7.22. The van der Waals surface area contributed by atoms with E-state index in [2.05, 4.69) is 4.74 Å². The van der Waals surface area contributed by atoms with Crippen LogP contribution in [0.25, 0.3) is 0 Å². The average Bonchev–Trinajstić information content (AvgIpc) is 3.16. The number of rotatable bonds is 7. The van der Waals surface area contributed by atoms with E-state index in [1.165, 1.54) is 23.1 Å². The number of carbonyl (C=O) groups excluding carboxylic acids is 4. The number of fused-ring (bicyclic) bond motifs is 1. The van der Waals surface area contributed by atoms with Gasteiger partial charge < -0.3 is 15.0 Å². The lowest BCUT2D eigenvalue weighted by Gasteiger charge is -2.29. The van der Waals surface area contributed by atoms with Gasteiger partial charge in [0, 0.05) is 31.1 Å². The lowest BCUT2D eigenvalue weighted by Crippen LogP contribution is -2.44. The summed E-state index contributed by atoms with van der Waals surface area (Å²) in [6.45, 7) is -2.33. The summed E-state index contributed by atoms with van der Waals surface area (Å²) in [5.74, 6) is -9.43. The molecule has 1 fully saturated rings. The van der Waals surface area contributed by atoms with E-state index in [0.717, 1.165) is 0 Å². The molecule has 13 heteroatoms. The number of halogens is 6. The first-order valence-electron chi connectivity index (χ1n) is 11.4. The van der Waals surface area contributed by atoms with Crippen LogP contribution in [0.5, 0.6) is 5.75 Å². The summed E-state index contributed by atoms with van der Waals surface area (Å²) >= 11 is 0.